The summed E-state index contributed by atoms with van der Waals surface area (Å²) in [5, 5.41) is 17.7. The molecule has 0 atom stereocenters. The topological polar surface area (TPSA) is 69.6 Å². The number of aryl methyl sites for hydroxylation is 2. The number of nitrogens with zero attached hydrogens (tertiary/aromatic N) is 8. The lowest BCUT2D eigenvalue weighted by Crippen LogP contribution is -2.33. The van der Waals surface area contributed by atoms with Crippen LogP contribution < -0.4 is 0 Å². The van der Waals surface area contributed by atoms with Crippen molar-refractivity contribution in [3.8, 4) is 0 Å². The maximum absolute atomic E-state index is 4.56. The highest BCUT2D eigenvalue weighted by molar-refractivity contribution is 5.15. The van der Waals surface area contributed by atoms with Crippen molar-refractivity contribution in [3.05, 3.63) is 47.6 Å². The molecule has 0 bridgehead atoms. The zero-order valence-electron chi connectivity index (χ0n) is 16.4. The molecule has 1 aliphatic rings. The molecule has 27 heavy (non-hydrogen) atoms. The van der Waals surface area contributed by atoms with Crippen LogP contribution in [0, 0.1) is 6.92 Å². The monoisotopic (exact) mass is 368 g/mol. The van der Waals surface area contributed by atoms with Gasteiger partial charge in [0.2, 0.25) is 0 Å². The van der Waals surface area contributed by atoms with Crippen molar-refractivity contribution in [2.75, 3.05) is 13.1 Å². The standard InChI is InChI=1S/C19H28N8/c1-4-26-13-17(15(2)23-26)12-25-10-6-16(7-11-25)19-22-21-18(24(19)3)14-27-9-5-8-20-27/h5,8-9,13,16H,4,6-7,10-12,14H2,1-3H3. The number of hydrogen-bond donors (Lipinski definition) is 0. The van der Waals surface area contributed by atoms with E-state index in [2.05, 4.69) is 57.0 Å². The molecule has 4 rings (SSSR count). The maximum Gasteiger partial charge on any atom is 0.154 e. The molecule has 0 aliphatic carbocycles. The van der Waals surface area contributed by atoms with Crippen molar-refractivity contribution in [3.63, 3.8) is 0 Å². The number of piperidine rings is 1. The zero-order valence-corrected chi connectivity index (χ0v) is 16.4. The Bertz CT molecular complexity index is 868. The van der Waals surface area contributed by atoms with Gasteiger partial charge in [-0.15, -0.1) is 10.2 Å². The number of aromatic nitrogens is 7. The molecule has 8 nitrogen and oxygen atoms in total. The lowest BCUT2D eigenvalue weighted by atomic mass is 9.95. The second-order valence-corrected chi connectivity index (χ2v) is 7.38. The van der Waals surface area contributed by atoms with Crippen LogP contribution in [0.1, 0.15) is 48.6 Å². The van der Waals surface area contributed by atoms with Crippen molar-refractivity contribution in [1.82, 2.24) is 39.2 Å². The second-order valence-electron chi connectivity index (χ2n) is 7.38. The number of rotatable bonds is 6. The third-order valence-corrected chi connectivity index (χ3v) is 5.58. The predicted molar refractivity (Wildman–Crippen MR) is 102 cm³/mol. The quantitative estimate of drug-likeness (QED) is 0.665. The van der Waals surface area contributed by atoms with Crippen LogP contribution in [0.15, 0.2) is 24.7 Å². The van der Waals surface area contributed by atoms with Crippen LogP contribution in [-0.2, 0) is 26.7 Å². The predicted octanol–water partition coefficient (Wildman–Crippen LogP) is 1.96. The molecule has 0 N–H and O–H groups in total. The van der Waals surface area contributed by atoms with E-state index in [0.717, 1.165) is 56.4 Å². The molecule has 0 radical (unpaired) electrons. The van der Waals surface area contributed by atoms with Crippen LogP contribution in [0.25, 0.3) is 0 Å². The van der Waals surface area contributed by atoms with Crippen LogP contribution in [-0.4, -0.2) is 52.3 Å². The molecular formula is C19H28N8. The third-order valence-electron chi connectivity index (χ3n) is 5.58. The van der Waals surface area contributed by atoms with Gasteiger partial charge in [-0.2, -0.15) is 10.2 Å². The van der Waals surface area contributed by atoms with Crippen molar-refractivity contribution in [1.29, 1.82) is 0 Å². The van der Waals surface area contributed by atoms with Gasteiger partial charge in [0.05, 0.1) is 5.69 Å². The summed E-state index contributed by atoms with van der Waals surface area (Å²) in [5.41, 5.74) is 2.49. The summed E-state index contributed by atoms with van der Waals surface area (Å²) in [5.74, 6) is 2.54. The fraction of sp³-hybridized carbons (Fsp3) is 0.579. The normalized spacial score (nSPS) is 16.3. The van der Waals surface area contributed by atoms with Crippen molar-refractivity contribution < 1.29 is 0 Å². The van der Waals surface area contributed by atoms with Crippen LogP contribution in [0.3, 0.4) is 0 Å². The number of likely N-dealkylation sites (tertiary alicyclic amines) is 1. The van der Waals surface area contributed by atoms with Gasteiger partial charge in [0.1, 0.15) is 12.4 Å². The zero-order chi connectivity index (χ0) is 18.8. The molecule has 0 saturated carbocycles. The largest absolute Gasteiger partial charge is 0.316 e. The van der Waals surface area contributed by atoms with E-state index < -0.39 is 0 Å². The second kappa shape index (κ2) is 7.64. The first kappa shape index (κ1) is 17.9. The molecule has 1 fully saturated rings. The van der Waals surface area contributed by atoms with E-state index in [0.29, 0.717) is 12.5 Å². The van der Waals surface area contributed by atoms with Gasteiger partial charge in [-0.3, -0.25) is 14.3 Å². The average molecular weight is 368 g/mol. The minimum Gasteiger partial charge on any atom is -0.316 e. The molecule has 0 aromatic carbocycles. The van der Waals surface area contributed by atoms with E-state index in [1.54, 1.807) is 6.20 Å². The SMILES string of the molecule is CCn1cc(CN2CCC(c3nnc(Cn4cccn4)n3C)CC2)c(C)n1. The molecule has 144 valence electrons. The summed E-state index contributed by atoms with van der Waals surface area (Å²) in [6, 6.07) is 1.93. The molecule has 1 saturated heterocycles. The third kappa shape index (κ3) is 3.80. The summed E-state index contributed by atoms with van der Waals surface area (Å²) in [6.07, 6.45) is 8.17. The fourth-order valence-electron chi connectivity index (χ4n) is 3.87. The average Bonchev–Trinajstić information content (AvgIpc) is 3.39. The Morgan fingerprint density at radius 3 is 2.59 bits per heavy atom. The Hall–Kier alpha value is -2.48. The minimum atomic E-state index is 0.476. The molecule has 0 unspecified atom stereocenters. The van der Waals surface area contributed by atoms with E-state index in [9.17, 15) is 0 Å². The fourth-order valence-corrected chi connectivity index (χ4v) is 3.87. The van der Waals surface area contributed by atoms with Gasteiger partial charge in [0.25, 0.3) is 0 Å². The Labute approximate surface area is 159 Å². The van der Waals surface area contributed by atoms with Crippen molar-refractivity contribution >= 4 is 0 Å². The van der Waals surface area contributed by atoms with E-state index in [1.165, 1.54) is 5.56 Å². The van der Waals surface area contributed by atoms with Gasteiger partial charge in [-0.05, 0) is 45.8 Å². The molecule has 1 aliphatic heterocycles. The Balaban J connectivity index is 1.36. The van der Waals surface area contributed by atoms with Gasteiger partial charge >= 0.3 is 0 Å². The highest BCUT2D eigenvalue weighted by Crippen LogP contribution is 2.28. The molecule has 3 aromatic rings. The summed E-state index contributed by atoms with van der Waals surface area (Å²) < 4.78 is 6.06. The van der Waals surface area contributed by atoms with E-state index in [-0.39, 0.29) is 0 Å². The van der Waals surface area contributed by atoms with Gasteiger partial charge in [-0.1, -0.05) is 0 Å². The van der Waals surface area contributed by atoms with Gasteiger partial charge in [0, 0.05) is 50.2 Å². The molecule has 4 heterocycles. The maximum atomic E-state index is 4.56. The molecule has 8 heteroatoms. The summed E-state index contributed by atoms with van der Waals surface area (Å²) in [7, 11) is 2.07. The molecule has 0 amide bonds. The van der Waals surface area contributed by atoms with Crippen LogP contribution in [0.2, 0.25) is 0 Å². The van der Waals surface area contributed by atoms with Gasteiger partial charge in [-0.25, -0.2) is 0 Å². The lowest BCUT2D eigenvalue weighted by molar-refractivity contribution is 0.200. The van der Waals surface area contributed by atoms with Crippen LogP contribution >= 0.6 is 0 Å². The van der Waals surface area contributed by atoms with Gasteiger partial charge in [0.15, 0.2) is 5.82 Å². The first-order valence-electron chi connectivity index (χ1n) is 9.75. The van der Waals surface area contributed by atoms with Crippen LogP contribution in [0.5, 0.6) is 0 Å². The minimum absolute atomic E-state index is 0.476. The smallest absolute Gasteiger partial charge is 0.154 e. The highest BCUT2D eigenvalue weighted by Gasteiger charge is 2.25. The first-order valence-corrected chi connectivity index (χ1v) is 9.75. The summed E-state index contributed by atoms with van der Waals surface area (Å²) in [6.45, 7) is 8.98. The van der Waals surface area contributed by atoms with Gasteiger partial charge < -0.3 is 4.57 Å². The molecule has 0 spiro atoms. The Morgan fingerprint density at radius 1 is 1.11 bits per heavy atom. The van der Waals surface area contributed by atoms with E-state index in [4.69, 9.17) is 0 Å². The van der Waals surface area contributed by atoms with Crippen molar-refractivity contribution in [2.24, 2.45) is 7.05 Å². The Kier molecular flexibility index (Phi) is 5.07. The van der Waals surface area contributed by atoms with E-state index in [1.807, 2.05) is 21.6 Å². The first-order chi connectivity index (χ1) is 13.1. The summed E-state index contributed by atoms with van der Waals surface area (Å²) in [4.78, 5) is 2.53. The lowest BCUT2D eigenvalue weighted by Gasteiger charge is -2.31. The van der Waals surface area contributed by atoms with E-state index >= 15 is 0 Å². The Morgan fingerprint density at radius 2 is 1.93 bits per heavy atom. The van der Waals surface area contributed by atoms with Crippen molar-refractivity contribution in [2.45, 2.75) is 52.2 Å². The highest BCUT2D eigenvalue weighted by atomic mass is 15.3. The van der Waals surface area contributed by atoms with Crippen LogP contribution in [0.4, 0.5) is 0 Å². The number of hydrogen-bond acceptors (Lipinski definition) is 5. The molecule has 3 aromatic heterocycles. The summed E-state index contributed by atoms with van der Waals surface area (Å²) >= 11 is 0. The molecular weight excluding hydrogens is 340 g/mol.